The summed E-state index contributed by atoms with van der Waals surface area (Å²) in [4.78, 5) is 0. The Bertz CT molecular complexity index is 1460. The number of ether oxygens (including phenoxy) is 1. The van der Waals surface area contributed by atoms with Crippen LogP contribution < -0.4 is 37.2 Å². The summed E-state index contributed by atoms with van der Waals surface area (Å²) in [5.41, 5.74) is 2.65. The van der Waals surface area contributed by atoms with Crippen molar-refractivity contribution in [2.45, 2.75) is 39.1 Å². The van der Waals surface area contributed by atoms with Crippen LogP contribution >= 0.6 is 0 Å². The first-order valence-electron chi connectivity index (χ1n) is 15.4. The Morgan fingerprint density at radius 3 is 1.43 bits per heavy atom. The average molecular weight is 656 g/mol. The van der Waals surface area contributed by atoms with Crippen molar-refractivity contribution < 1.29 is 35.7 Å². The third-order valence-electron chi connectivity index (χ3n) is 7.48. The van der Waals surface area contributed by atoms with Gasteiger partial charge < -0.3 is 20.0 Å². The number of hydrogen-bond donors (Lipinski definition) is 2. The Hall–Kier alpha value is -3.73. The Morgan fingerprint density at radius 1 is 0.596 bits per heavy atom. The van der Waals surface area contributed by atoms with Crippen LogP contribution in [0, 0.1) is 0 Å². The van der Waals surface area contributed by atoms with Crippen LogP contribution in [0.3, 0.4) is 0 Å². The predicted molar refractivity (Wildman–Crippen MR) is 180 cm³/mol. The molecule has 0 amide bonds. The smallest absolute Gasteiger partial charge is 0.416 e. The molecular formula is C35H40B2F6N2O2. The highest BCUT2D eigenvalue weighted by Gasteiger charge is 2.31. The molecule has 4 aromatic carbocycles. The van der Waals surface area contributed by atoms with Crippen molar-refractivity contribution in [3.8, 4) is 5.75 Å². The summed E-state index contributed by atoms with van der Waals surface area (Å²) in [6, 6.07) is 25.1. The maximum atomic E-state index is 13.0. The van der Waals surface area contributed by atoms with E-state index < -0.39 is 30.4 Å². The van der Waals surface area contributed by atoms with Crippen LogP contribution in [0.25, 0.3) is 0 Å². The minimum atomic E-state index is -4.41. The molecule has 12 heteroatoms. The summed E-state index contributed by atoms with van der Waals surface area (Å²) in [5.74, 6) is 0.639. The van der Waals surface area contributed by atoms with Crippen molar-refractivity contribution in [2.24, 2.45) is 0 Å². The van der Waals surface area contributed by atoms with E-state index in [2.05, 4.69) is 17.6 Å². The number of hydrogen-bond acceptors (Lipinski definition) is 4. The fraction of sp³-hybridized carbons (Fsp3) is 0.314. The second-order valence-electron chi connectivity index (χ2n) is 11.0. The lowest BCUT2D eigenvalue weighted by molar-refractivity contribution is -0.138. The summed E-state index contributed by atoms with van der Waals surface area (Å²) >= 11 is 0. The van der Waals surface area contributed by atoms with Gasteiger partial charge in [0.1, 0.15) is 12.4 Å². The topological polar surface area (TPSA) is 42.5 Å². The van der Waals surface area contributed by atoms with Crippen LogP contribution in [-0.2, 0) is 23.6 Å². The van der Waals surface area contributed by atoms with Gasteiger partial charge in [0.15, 0.2) is 0 Å². The number of benzene rings is 4. The molecule has 250 valence electrons. The molecule has 0 heterocycles. The van der Waals surface area contributed by atoms with E-state index in [0.29, 0.717) is 31.0 Å². The molecule has 0 aromatic heterocycles. The van der Waals surface area contributed by atoms with Gasteiger partial charge >= 0.3 is 19.3 Å². The molecule has 0 unspecified atom stereocenters. The summed E-state index contributed by atoms with van der Waals surface area (Å²) in [7, 11) is 3.75. The van der Waals surface area contributed by atoms with Gasteiger partial charge in [0.2, 0.25) is 6.71 Å². The van der Waals surface area contributed by atoms with Crippen molar-refractivity contribution in [3.63, 3.8) is 0 Å². The van der Waals surface area contributed by atoms with Crippen molar-refractivity contribution in [1.82, 2.24) is 10.6 Å². The maximum absolute atomic E-state index is 13.0. The zero-order valence-electron chi connectivity index (χ0n) is 27.0. The predicted octanol–water partition coefficient (Wildman–Crippen LogP) is 5.50. The van der Waals surface area contributed by atoms with E-state index in [1.54, 1.807) is 7.05 Å². The van der Waals surface area contributed by atoms with Gasteiger partial charge in [-0.1, -0.05) is 110 Å². The van der Waals surface area contributed by atoms with Crippen molar-refractivity contribution in [2.75, 3.05) is 33.8 Å². The minimum Gasteiger partial charge on any atom is -0.489 e. The molecule has 4 nitrogen and oxygen atoms in total. The fourth-order valence-corrected chi connectivity index (χ4v) is 4.72. The van der Waals surface area contributed by atoms with E-state index in [4.69, 9.17) is 9.39 Å². The first kappa shape index (κ1) is 37.7. The van der Waals surface area contributed by atoms with E-state index in [9.17, 15) is 26.3 Å². The molecule has 0 aliphatic heterocycles. The Kier molecular flexibility index (Phi) is 14.4. The Labute approximate surface area is 274 Å². The Morgan fingerprint density at radius 2 is 1.02 bits per heavy atom. The first-order chi connectivity index (χ1) is 22.4. The van der Waals surface area contributed by atoms with Crippen LogP contribution in [0.2, 0.25) is 6.82 Å². The van der Waals surface area contributed by atoms with Gasteiger partial charge in [0.25, 0.3) is 0 Å². The molecule has 0 atom stereocenters. The fourth-order valence-electron chi connectivity index (χ4n) is 4.72. The largest absolute Gasteiger partial charge is 0.489 e. The van der Waals surface area contributed by atoms with Gasteiger partial charge in [0.05, 0.1) is 11.1 Å². The van der Waals surface area contributed by atoms with Crippen LogP contribution in [-0.4, -0.2) is 47.4 Å². The molecule has 4 rings (SSSR count). The summed E-state index contributed by atoms with van der Waals surface area (Å²) < 4.78 is 89.6. The average Bonchev–Trinajstić information content (AvgIpc) is 3.06. The monoisotopic (exact) mass is 656 g/mol. The minimum absolute atomic E-state index is 0.0955. The lowest BCUT2D eigenvalue weighted by atomic mass is 9.42. The van der Waals surface area contributed by atoms with E-state index in [1.165, 1.54) is 30.7 Å². The number of halogens is 6. The molecule has 0 saturated carbocycles. The van der Waals surface area contributed by atoms with E-state index in [-0.39, 0.29) is 6.71 Å². The number of likely N-dealkylation sites (N-methyl/N-ethyl adjacent to an activating group) is 1. The third kappa shape index (κ3) is 11.8. The Balaban J connectivity index is 0.00000111. The van der Waals surface area contributed by atoms with Crippen LogP contribution in [0.5, 0.6) is 5.75 Å². The second-order valence-corrected chi connectivity index (χ2v) is 11.0. The highest BCUT2D eigenvalue weighted by atomic mass is 19.4. The highest BCUT2D eigenvalue weighted by Crippen LogP contribution is 2.29. The van der Waals surface area contributed by atoms with Crippen LogP contribution in [0.15, 0.2) is 97.1 Å². The lowest BCUT2D eigenvalue weighted by Crippen LogP contribution is -2.46. The molecule has 0 fully saturated rings. The molecule has 0 aliphatic carbocycles. The molecule has 0 radical (unpaired) electrons. The summed E-state index contributed by atoms with van der Waals surface area (Å²) in [5, 5.41) is 6.01. The molecule has 2 N–H and O–H groups in total. The van der Waals surface area contributed by atoms with E-state index >= 15 is 0 Å². The first-order valence-corrected chi connectivity index (χ1v) is 15.4. The number of alkyl halides is 6. The summed E-state index contributed by atoms with van der Waals surface area (Å²) in [6.45, 7) is 5.85. The number of nitrogens with one attached hydrogen (secondary N) is 2. The maximum Gasteiger partial charge on any atom is 0.416 e. The second kappa shape index (κ2) is 18.0. The normalized spacial score (nSPS) is 11.4. The van der Waals surface area contributed by atoms with E-state index in [1.807, 2.05) is 62.4 Å². The standard InChI is InChI=1S/C31H29B2F6NO2.C4H11N/c1-32(25-11-5-23(6-12-25)30(34,35)36)26-15-17-29(18-16-26)41-21-22-3-9-27(10-4-22)33(42-20-19-40-2)28-13-7-24(8-14-28)31(37,38)39;1-3-4-5-2/h3-18,40H,19-21H2,1-2H3;5H,3-4H2,1-2H3. The molecule has 0 aliphatic rings. The third-order valence-corrected chi connectivity index (χ3v) is 7.48. The lowest BCUT2D eigenvalue weighted by Gasteiger charge is -2.17. The van der Waals surface area contributed by atoms with Crippen molar-refractivity contribution in [3.05, 3.63) is 114 Å². The molecule has 0 spiro atoms. The zero-order chi connectivity index (χ0) is 34.5. The quantitative estimate of drug-likeness (QED) is 0.113. The molecular weight excluding hydrogens is 616 g/mol. The van der Waals surface area contributed by atoms with Gasteiger partial charge in [-0.15, -0.1) is 0 Å². The van der Waals surface area contributed by atoms with E-state index in [0.717, 1.165) is 52.8 Å². The van der Waals surface area contributed by atoms with Gasteiger partial charge in [-0.05, 0) is 55.7 Å². The van der Waals surface area contributed by atoms with Gasteiger partial charge in [-0.3, -0.25) is 0 Å². The van der Waals surface area contributed by atoms with Crippen LogP contribution in [0.1, 0.15) is 30.0 Å². The SMILES string of the molecule is CCCNC.CNCCOB(c1ccc(COc2ccc(B(C)c3ccc(C(F)(F)F)cc3)cc2)cc1)c1ccc(C(F)(F)F)cc1. The highest BCUT2D eigenvalue weighted by molar-refractivity contribution is 6.84. The molecule has 47 heavy (non-hydrogen) atoms. The summed E-state index contributed by atoms with van der Waals surface area (Å²) in [6.07, 6.45) is -7.54. The molecule has 4 aromatic rings. The van der Waals surface area contributed by atoms with Crippen molar-refractivity contribution in [1.29, 1.82) is 0 Å². The van der Waals surface area contributed by atoms with Crippen molar-refractivity contribution >= 4 is 35.5 Å². The molecule has 0 saturated heterocycles. The number of rotatable bonds is 13. The zero-order valence-corrected chi connectivity index (χ0v) is 27.0. The van der Waals surface area contributed by atoms with Gasteiger partial charge in [-0.25, -0.2) is 0 Å². The van der Waals surface area contributed by atoms with Crippen LogP contribution in [0.4, 0.5) is 26.3 Å². The van der Waals surface area contributed by atoms with Gasteiger partial charge in [0, 0.05) is 13.2 Å². The van der Waals surface area contributed by atoms with Gasteiger partial charge in [-0.2, -0.15) is 26.3 Å². The molecule has 0 bridgehead atoms.